The van der Waals surface area contributed by atoms with Gasteiger partial charge in [0.2, 0.25) is 5.91 Å². The molecule has 0 aromatic heterocycles. The molecule has 0 aliphatic carbocycles. The maximum absolute atomic E-state index is 12.1. The molecule has 2 rings (SSSR count). The van der Waals surface area contributed by atoms with Gasteiger partial charge in [-0.2, -0.15) is 0 Å². The number of carbonyl (C=O) groups is 1. The molecule has 2 saturated heterocycles. The van der Waals surface area contributed by atoms with Crippen LogP contribution >= 0.6 is 0 Å². The van der Waals surface area contributed by atoms with Crippen molar-refractivity contribution in [2.24, 2.45) is 11.8 Å². The van der Waals surface area contributed by atoms with E-state index in [0.717, 1.165) is 13.1 Å². The molecule has 0 radical (unpaired) electrons. The van der Waals surface area contributed by atoms with Gasteiger partial charge in [0.15, 0.2) is 0 Å². The Morgan fingerprint density at radius 2 is 1.82 bits per heavy atom. The van der Waals surface area contributed by atoms with Gasteiger partial charge in [0, 0.05) is 37.6 Å². The van der Waals surface area contributed by atoms with E-state index in [9.17, 15) is 4.79 Å². The molecule has 2 aliphatic rings. The van der Waals surface area contributed by atoms with E-state index in [1.165, 1.54) is 19.4 Å². The van der Waals surface area contributed by atoms with Gasteiger partial charge in [0.1, 0.15) is 0 Å². The minimum absolute atomic E-state index is 0.150. The molecule has 0 aromatic carbocycles. The SMILES string of the molecule is CC(C)C(=O)N1CC[C@H]2CN(C(C)C)CC[C@@H]21. The summed E-state index contributed by atoms with van der Waals surface area (Å²) in [5, 5.41) is 0. The second-order valence-electron chi connectivity index (χ2n) is 6.18. The minimum atomic E-state index is 0.150. The van der Waals surface area contributed by atoms with Crippen molar-refractivity contribution in [3.05, 3.63) is 0 Å². The quantitative estimate of drug-likeness (QED) is 0.734. The fourth-order valence-electron chi connectivity index (χ4n) is 3.29. The standard InChI is InChI=1S/C14H26N2O/c1-10(2)14(17)16-8-5-12-9-15(11(3)4)7-6-13(12)16/h10-13H,5-9H2,1-4H3/t12-,13-/m0/s1. The van der Waals surface area contributed by atoms with Crippen LogP contribution in [0.1, 0.15) is 40.5 Å². The molecular formula is C14H26N2O. The highest BCUT2D eigenvalue weighted by Gasteiger charge is 2.41. The first-order chi connectivity index (χ1) is 8.00. The molecule has 0 saturated carbocycles. The van der Waals surface area contributed by atoms with E-state index in [1.54, 1.807) is 0 Å². The molecule has 98 valence electrons. The van der Waals surface area contributed by atoms with Crippen LogP contribution in [-0.2, 0) is 4.79 Å². The van der Waals surface area contributed by atoms with Gasteiger partial charge >= 0.3 is 0 Å². The summed E-state index contributed by atoms with van der Waals surface area (Å²) in [7, 11) is 0. The number of amides is 1. The lowest BCUT2D eigenvalue weighted by Crippen LogP contribution is -2.50. The Labute approximate surface area is 105 Å². The zero-order chi connectivity index (χ0) is 12.6. The monoisotopic (exact) mass is 238 g/mol. The second kappa shape index (κ2) is 4.97. The van der Waals surface area contributed by atoms with Crippen molar-refractivity contribution in [3.63, 3.8) is 0 Å². The van der Waals surface area contributed by atoms with Gasteiger partial charge < -0.3 is 9.80 Å². The van der Waals surface area contributed by atoms with Gasteiger partial charge in [0.25, 0.3) is 0 Å². The highest BCUT2D eigenvalue weighted by atomic mass is 16.2. The van der Waals surface area contributed by atoms with Crippen molar-refractivity contribution in [1.29, 1.82) is 0 Å². The zero-order valence-electron chi connectivity index (χ0n) is 11.6. The minimum Gasteiger partial charge on any atom is -0.339 e. The summed E-state index contributed by atoms with van der Waals surface area (Å²) in [5.41, 5.74) is 0. The van der Waals surface area contributed by atoms with Crippen LogP contribution in [0.25, 0.3) is 0 Å². The summed E-state index contributed by atoms with van der Waals surface area (Å²) < 4.78 is 0. The van der Waals surface area contributed by atoms with E-state index in [1.807, 2.05) is 13.8 Å². The van der Waals surface area contributed by atoms with Crippen LogP contribution in [0.15, 0.2) is 0 Å². The predicted molar refractivity (Wildman–Crippen MR) is 69.8 cm³/mol. The number of piperidine rings is 1. The van der Waals surface area contributed by atoms with Gasteiger partial charge in [0.05, 0.1) is 0 Å². The Kier molecular flexibility index (Phi) is 3.76. The fraction of sp³-hybridized carbons (Fsp3) is 0.929. The topological polar surface area (TPSA) is 23.6 Å². The number of hydrogen-bond acceptors (Lipinski definition) is 2. The van der Waals surface area contributed by atoms with E-state index < -0.39 is 0 Å². The Morgan fingerprint density at radius 3 is 2.41 bits per heavy atom. The molecule has 2 aliphatic heterocycles. The molecule has 0 bridgehead atoms. The maximum atomic E-state index is 12.1. The number of likely N-dealkylation sites (tertiary alicyclic amines) is 2. The van der Waals surface area contributed by atoms with E-state index in [4.69, 9.17) is 0 Å². The summed E-state index contributed by atoms with van der Waals surface area (Å²) in [6.07, 6.45) is 2.37. The summed E-state index contributed by atoms with van der Waals surface area (Å²) in [5.74, 6) is 1.22. The van der Waals surface area contributed by atoms with Crippen molar-refractivity contribution < 1.29 is 4.79 Å². The lowest BCUT2D eigenvalue weighted by molar-refractivity contribution is -0.136. The molecule has 2 heterocycles. The van der Waals surface area contributed by atoms with Gasteiger partial charge in [-0.05, 0) is 32.6 Å². The molecule has 0 unspecified atom stereocenters. The van der Waals surface area contributed by atoms with Crippen LogP contribution in [0.4, 0.5) is 0 Å². The average Bonchev–Trinajstić information content (AvgIpc) is 2.70. The molecular weight excluding hydrogens is 212 g/mol. The van der Waals surface area contributed by atoms with Crippen LogP contribution in [0.3, 0.4) is 0 Å². The largest absolute Gasteiger partial charge is 0.339 e. The van der Waals surface area contributed by atoms with Gasteiger partial charge in [-0.3, -0.25) is 4.79 Å². The Bertz CT molecular complexity index is 288. The van der Waals surface area contributed by atoms with E-state index in [2.05, 4.69) is 23.6 Å². The summed E-state index contributed by atoms with van der Waals surface area (Å²) in [6, 6.07) is 1.17. The highest BCUT2D eigenvalue weighted by Crippen LogP contribution is 2.32. The zero-order valence-corrected chi connectivity index (χ0v) is 11.6. The number of carbonyl (C=O) groups excluding carboxylic acids is 1. The van der Waals surface area contributed by atoms with Crippen molar-refractivity contribution >= 4 is 5.91 Å². The van der Waals surface area contributed by atoms with Crippen LogP contribution in [0.5, 0.6) is 0 Å². The first-order valence-electron chi connectivity index (χ1n) is 7.05. The van der Waals surface area contributed by atoms with Crippen LogP contribution in [-0.4, -0.2) is 47.4 Å². The Hall–Kier alpha value is -0.570. The molecule has 0 aromatic rings. The fourth-order valence-corrected chi connectivity index (χ4v) is 3.29. The Morgan fingerprint density at radius 1 is 1.12 bits per heavy atom. The van der Waals surface area contributed by atoms with Crippen LogP contribution < -0.4 is 0 Å². The molecule has 1 amide bonds. The highest BCUT2D eigenvalue weighted by molar-refractivity contribution is 5.78. The molecule has 0 N–H and O–H groups in total. The first-order valence-corrected chi connectivity index (χ1v) is 7.05. The maximum Gasteiger partial charge on any atom is 0.225 e. The molecule has 2 atom stereocenters. The van der Waals surface area contributed by atoms with Crippen LogP contribution in [0.2, 0.25) is 0 Å². The lowest BCUT2D eigenvalue weighted by Gasteiger charge is -2.40. The van der Waals surface area contributed by atoms with Crippen molar-refractivity contribution in [1.82, 2.24) is 9.80 Å². The third-order valence-electron chi connectivity index (χ3n) is 4.37. The third-order valence-corrected chi connectivity index (χ3v) is 4.37. The van der Waals surface area contributed by atoms with Gasteiger partial charge in [-0.1, -0.05) is 13.8 Å². The number of hydrogen-bond donors (Lipinski definition) is 0. The van der Waals surface area contributed by atoms with Gasteiger partial charge in [-0.15, -0.1) is 0 Å². The first kappa shape index (κ1) is 12.9. The molecule has 17 heavy (non-hydrogen) atoms. The van der Waals surface area contributed by atoms with Crippen molar-refractivity contribution in [3.8, 4) is 0 Å². The predicted octanol–water partition coefficient (Wildman–Crippen LogP) is 1.97. The van der Waals surface area contributed by atoms with E-state index in [0.29, 0.717) is 23.9 Å². The van der Waals surface area contributed by atoms with Crippen molar-refractivity contribution in [2.75, 3.05) is 19.6 Å². The molecule has 3 nitrogen and oxygen atoms in total. The lowest BCUT2D eigenvalue weighted by atomic mass is 9.92. The number of fused-ring (bicyclic) bond motifs is 1. The summed E-state index contributed by atoms with van der Waals surface area (Å²) in [4.78, 5) is 16.8. The molecule has 3 heteroatoms. The van der Waals surface area contributed by atoms with Gasteiger partial charge in [-0.25, -0.2) is 0 Å². The molecule has 2 fully saturated rings. The average molecular weight is 238 g/mol. The Balaban J connectivity index is 1.99. The summed E-state index contributed by atoms with van der Waals surface area (Å²) in [6.45, 7) is 11.9. The van der Waals surface area contributed by atoms with E-state index >= 15 is 0 Å². The van der Waals surface area contributed by atoms with Crippen LogP contribution in [0, 0.1) is 11.8 Å². The smallest absolute Gasteiger partial charge is 0.225 e. The van der Waals surface area contributed by atoms with E-state index in [-0.39, 0.29) is 5.92 Å². The second-order valence-corrected chi connectivity index (χ2v) is 6.18. The normalized spacial score (nSPS) is 30.1. The number of rotatable bonds is 2. The van der Waals surface area contributed by atoms with Crippen molar-refractivity contribution in [2.45, 2.75) is 52.6 Å². The number of nitrogens with zero attached hydrogens (tertiary/aromatic N) is 2. The third kappa shape index (κ3) is 2.49. The molecule has 0 spiro atoms. The summed E-state index contributed by atoms with van der Waals surface area (Å²) >= 11 is 0.